The first kappa shape index (κ1) is 15.0. The van der Waals surface area contributed by atoms with E-state index in [9.17, 15) is 8.42 Å². The third-order valence-corrected chi connectivity index (χ3v) is 2.10. The van der Waals surface area contributed by atoms with Crippen molar-refractivity contribution in [2.24, 2.45) is 0 Å². The van der Waals surface area contributed by atoms with Crippen LogP contribution in [0, 0.1) is 0 Å². The first-order valence-electron chi connectivity index (χ1n) is 3.54. The standard InChI is InChI=1S/C6H15NO3S.Li.H/c1-5(2)7-11(8,9)10-6(3)4;;/h5-7H,1-4H3;;/q;+1;-1. The summed E-state index contributed by atoms with van der Waals surface area (Å²) in [6, 6.07) is -0.126. The van der Waals surface area contributed by atoms with Gasteiger partial charge in [-0.3, -0.25) is 4.18 Å². The molecule has 0 fully saturated rings. The summed E-state index contributed by atoms with van der Waals surface area (Å²) in [6.07, 6.45) is -0.314. The van der Waals surface area contributed by atoms with Gasteiger partial charge in [0.2, 0.25) is 0 Å². The summed E-state index contributed by atoms with van der Waals surface area (Å²) >= 11 is 0. The largest absolute Gasteiger partial charge is 1.00 e. The van der Waals surface area contributed by atoms with Gasteiger partial charge in [0.25, 0.3) is 0 Å². The minimum absolute atomic E-state index is 0. The van der Waals surface area contributed by atoms with Gasteiger partial charge in [-0.1, -0.05) is 0 Å². The predicted molar refractivity (Wildman–Crippen MR) is 44.5 cm³/mol. The quantitative estimate of drug-likeness (QED) is 0.509. The van der Waals surface area contributed by atoms with Crippen molar-refractivity contribution in [1.29, 1.82) is 0 Å². The summed E-state index contributed by atoms with van der Waals surface area (Å²) in [5.41, 5.74) is 0. The Hall–Kier alpha value is 0.467. The van der Waals surface area contributed by atoms with Crippen LogP contribution in [0.25, 0.3) is 0 Å². The van der Waals surface area contributed by atoms with Crippen LogP contribution in [-0.4, -0.2) is 20.6 Å². The molecule has 70 valence electrons. The van der Waals surface area contributed by atoms with Crippen LogP contribution in [0.4, 0.5) is 0 Å². The van der Waals surface area contributed by atoms with Crippen molar-refractivity contribution in [1.82, 2.24) is 4.72 Å². The first-order valence-corrected chi connectivity index (χ1v) is 4.95. The maximum absolute atomic E-state index is 10.9. The van der Waals surface area contributed by atoms with Crippen molar-refractivity contribution >= 4 is 10.3 Å². The Morgan fingerprint density at radius 3 is 1.92 bits per heavy atom. The zero-order valence-corrected chi connectivity index (χ0v) is 9.10. The van der Waals surface area contributed by atoms with E-state index in [0.717, 1.165) is 0 Å². The normalized spacial score (nSPS) is 11.8. The molecule has 0 heterocycles. The van der Waals surface area contributed by atoms with Gasteiger partial charge < -0.3 is 1.43 Å². The monoisotopic (exact) mass is 189 g/mol. The molecule has 0 bridgehead atoms. The first-order chi connectivity index (χ1) is 4.83. The predicted octanol–water partition coefficient (Wildman–Crippen LogP) is -2.23. The van der Waals surface area contributed by atoms with E-state index in [2.05, 4.69) is 8.91 Å². The molecule has 0 unspecified atom stereocenters. The van der Waals surface area contributed by atoms with Crippen molar-refractivity contribution in [2.45, 2.75) is 39.8 Å². The molecular weight excluding hydrogens is 173 g/mol. The minimum atomic E-state index is -3.53. The molecule has 0 aliphatic carbocycles. The molecule has 0 aliphatic heterocycles. The van der Waals surface area contributed by atoms with Crippen molar-refractivity contribution in [3.05, 3.63) is 0 Å². The maximum atomic E-state index is 10.9. The maximum Gasteiger partial charge on any atom is 1.00 e. The summed E-state index contributed by atoms with van der Waals surface area (Å²) in [6.45, 7) is 6.81. The van der Waals surface area contributed by atoms with Crippen molar-refractivity contribution < 1.29 is 32.9 Å². The van der Waals surface area contributed by atoms with E-state index in [1.807, 2.05) is 0 Å². The van der Waals surface area contributed by atoms with Gasteiger partial charge in [0.15, 0.2) is 0 Å². The van der Waals surface area contributed by atoms with Crippen LogP contribution in [0.2, 0.25) is 0 Å². The summed E-state index contributed by atoms with van der Waals surface area (Å²) in [5, 5.41) is 0. The van der Waals surface area contributed by atoms with E-state index in [4.69, 9.17) is 0 Å². The van der Waals surface area contributed by atoms with Gasteiger partial charge in [0.1, 0.15) is 0 Å². The third kappa shape index (κ3) is 8.56. The molecule has 0 aromatic carbocycles. The second kappa shape index (κ2) is 6.00. The van der Waals surface area contributed by atoms with E-state index in [1.54, 1.807) is 27.7 Å². The molecule has 4 nitrogen and oxygen atoms in total. The van der Waals surface area contributed by atoms with Crippen LogP contribution in [0.5, 0.6) is 0 Å². The van der Waals surface area contributed by atoms with E-state index in [-0.39, 0.29) is 32.4 Å². The van der Waals surface area contributed by atoms with E-state index in [0.29, 0.717) is 0 Å². The number of hydrogen-bond donors (Lipinski definition) is 1. The third-order valence-electron chi connectivity index (χ3n) is 0.699. The van der Waals surface area contributed by atoms with Crippen LogP contribution in [0.3, 0.4) is 0 Å². The van der Waals surface area contributed by atoms with E-state index in [1.165, 1.54) is 0 Å². The molecule has 0 atom stereocenters. The Bertz CT molecular complexity index is 190. The average Bonchev–Trinajstić information content (AvgIpc) is 1.53. The molecule has 0 saturated carbocycles. The molecule has 0 aromatic heterocycles. The molecule has 0 aromatic rings. The van der Waals surface area contributed by atoms with Gasteiger partial charge in [-0.05, 0) is 27.7 Å². The fraction of sp³-hybridized carbons (Fsp3) is 1.00. The Labute approximate surface area is 88.0 Å². The Morgan fingerprint density at radius 2 is 1.67 bits per heavy atom. The minimum Gasteiger partial charge on any atom is -1.00 e. The molecule has 0 amide bonds. The molecule has 0 aliphatic rings. The molecule has 12 heavy (non-hydrogen) atoms. The van der Waals surface area contributed by atoms with Crippen LogP contribution in [-0.2, 0) is 14.5 Å². The van der Waals surface area contributed by atoms with Crippen LogP contribution < -0.4 is 23.6 Å². The number of hydrogen-bond acceptors (Lipinski definition) is 3. The molecule has 6 heteroatoms. The van der Waals surface area contributed by atoms with E-state index < -0.39 is 10.3 Å². The molecular formula is C6H16LiNO3S. The number of rotatable bonds is 4. The van der Waals surface area contributed by atoms with Gasteiger partial charge in [0.05, 0.1) is 6.10 Å². The molecule has 0 radical (unpaired) electrons. The molecule has 0 spiro atoms. The zero-order valence-electron chi connectivity index (χ0n) is 9.29. The second-order valence-electron chi connectivity index (χ2n) is 2.87. The molecule has 0 saturated heterocycles. The average molecular weight is 189 g/mol. The summed E-state index contributed by atoms with van der Waals surface area (Å²) < 4.78 is 28.7. The summed E-state index contributed by atoms with van der Waals surface area (Å²) in [5.74, 6) is 0. The van der Waals surface area contributed by atoms with Gasteiger partial charge >= 0.3 is 29.2 Å². The molecule has 1 N–H and O–H groups in total. The van der Waals surface area contributed by atoms with Gasteiger partial charge in [-0.25, -0.2) is 0 Å². The summed E-state index contributed by atoms with van der Waals surface area (Å²) in [4.78, 5) is 0. The number of nitrogens with one attached hydrogen (secondary N) is 1. The van der Waals surface area contributed by atoms with Gasteiger partial charge in [-0.2, -0.15) is 13.1 Å². The van der Waals surface area contributed by atoms with Crippen molar-refractivity contribution in [2.75, 3.05) is 0 Å². The van der Waals surface area contributed by atoms with Crippen LogP contribution in [0.15, 0.2) is 0 Å². The van der Waals surface area contributed by atoms with Crippen molar-refractivity contribution in [3.63, 3.8) is 0 Å². The second-order valence-corrected chi connectivity index (χ2v) is 4.21. The van der Waals surface area contributed by atoms with Crippen molar-refractivity contribution in [3.8, 4) is 0 Å². The Balaban J connectivity index is -0.000000500. The fourth-order valence-electron chi connectivity index (χ4n) is 0.570. The van der Waals surface area contributed by atoms with Gasteiger partial charge in [0, 0.05) is 6.04 Å². The van der Waals surface area contributed by atoms with Crippen LogP contribution in [0.1, 0.15) is 29.1 Å². The fourth-order valence-corrected chi connectivity index (χ4v) is 1.71. The Kier molecular flexibility index (Phi) is 7.49. The SMILES string of the molecule is CC(C)NS(=O)(=O)OC(C)C.[H-].[Li+]. The Morgan fingerprint density at radius 1 is 1.25 bits per heavy atom. The molecule has 0 rings (SSSR count). The zero-order chi connectivity index (χ0) is 9.07. The summed E-state index contributed by atoms with van der Waals surface area (Å²) in [7, 11) is -3.53. The topological polar surface area (TPSA) is 55.4 Å². The van der Waals surface area contributed by atoms with Gasteiger partial charge in [-0.15, -0.1) is 0 Å². The van der Waals surface area contributed by atoms with Crippen LogP contribution >= 0.6 is 0 Å². The smallest absolute Gasteiger partial charge is 1.00 e. The van der Waals surface area contributed by atoms with E-state index >= 15 is 0 Å².